The van der Waals surface area contributed by atoms with E-state index in [0.717, 1.165) is 0 Å². The number of alkyl halides is 6. The molecule has 0 atom stereocenters. The first-order valence-electron chi connectivity index (χ1n) is 4.68. The molecular formula is C7H3F6N3O5S. The van der Waals surface area contributed by atoms with Gasteiger partial charge in [0.25, 0.3) is 0 Å². The predicted octanol–water partition coefficient (Wildman–Crippen LogP) is 1.55. The van der Waals surface area contributed by atoms with Crippen LogP contribution in [0.25, 0.3) is 0 Å². The lowest BCUT2D eigenvalue weighted by Gasteiger charge is -2.12. The van der Waals surface area contributed by atoms with Crippen LogP contribution in [0.4, 0.5) is 32.2 Å². The Morgan fingerprint density at radius 1 is 1.23 bits per heavy atom. The number of nitro groups is 1. The van der Waals surface area contributed by atoms with Crippen molar-refractivity contribution in [2.45, 2.75) is 17.4 Å². The molecule has 0 spiro atoms. The Hall–Kier alpha value is -2.16. The predicted molar refractivity (Wildman–Crippen MR) is 53.9 cm³/mol. The lowest BCUT2D eigenvalue weighted by Crippen LogP contribution is -2.23. The zero-order valence-electron chi connectivity index (χ0n) is 9.77. The second kappa shape index (κ2) is 5.24. The average Bonchev–Trinajstić information content (AvgIpc) is 2.22. The molecule has 1 rings (SSSR count). The van der Waals surface area contributed by atoms with Crippen LogP contribution in [0.1, 0.15) is 5.56 Å². The van der Waals surface area contributed by atoms with Crippen molar-refractivity contribution >= 4 is 15.8 Å². The summed E-state index contributed by atoms with van der Waals surface area (Å²) in [6.45, 7) is 0. The summed E-state index contributed by atoms with van der Waals surface area (Å²) in [7, 11) is -5.06. The van der Waals surface area contributed by atoms with Crippen LogP contribution in [0.3, 0.4) is 0 Å². The molecule has 15 heteroatoms. The van der Waals surface area contributed by atoms with E-state index < -0.39 is 55.7 Å². The van der Waals surface area contributed by atoms with E-state index in [1.54, 1.807) is 0 Å². The normalized spacial score (nSPS) is 13.0. The smallest absolute Gasteiger partial charge is 0.366 e. The van der Waals surface area contributed by atoms with E-state index in [0.29, 0.717) is 0 Å². The Morgan fingerprint density at radius 2 is 1.73 bits per heavy atom. The molecule has 0 aliphatic carbocycles. The fourth-order valence-corrected chi connectivity index (χ4v) is 1.86. The first-order chi connectivity index (χ1) is 9.63. The van der Waals surface area contributed by atoms with Gasteiger partial charge >= 0.3 is 24.2 Å². The number of aromatic nitrogens is 1. The number of nitrogens with two attached hydrogens (primary N) is 1. The first kappa shape index (κ1) is 17.9. The number of hydrogen-bond donors (Lipinski definition) is 1. The Balaban J connectivity index is 3.78. The number of ether oxygens (including phenoxy) is 1. The Kier molecular flexibility index (Phi) is 4.26. The fraction of sp³-hybridized carbons (Fsp3) is 0.286. The van der Waals surface area contributed by atoms with Gasteiger partial charge in [0.2, 0.25) is 10.0 Å². The lowest BCUT2D eigenvalue weighted by molar-refractivity contribution is -0.393. The quantitative estimate of drug-likeness (QED) is 0.498. The molecule has 0 saturated carbocycles. The number of halogens is 6. The van der Waals surface area contributed by atoms with Gasteiger partial charge in [-0.25, -0.2) is 13.6 Å². The van der Waals surface area contributed by atoms with E-state index >= 15 is 0 Å². The van der Waals surface area contributed by atoms with E-state index in [4.69, 9.17) is 0 Å². The molecule has 0 amide bonds. The summed E-state index contributed by atoms with van der Waals surface area (Å²) in [6.07, 6.45) is -11.2. The minimum atomic E-state index is -5.65. The SMILES string of the molecule is NS(=O)(=O)c1cc(C(F)(F)F)c(OC(F)(F)F)nc1[N+](=O)[O-]. The van der Waals surface area contributed by atoms with Gasteiger partial charge in [0.05, 0.1) is 0 Å². The summed E-state index contributed by atoms with van der Waals surface area (Å²) >= 11 is 0. The molecule has 0 aliphatic heterocycles. The molecule has 1 aromatic heterocycles. The van der Waals surface area contributed by atoms with Crippen molar-refractivity contribution in [2.75, 3.05) is 0 Å². The molecule has 0 aliphatic rings. The third-order valence-electron chi connectivity index (χ3n) is 1.93. The summed E-state index contributed by atoms with van der Waals surface area (Å²) in [4.78, 5) is 9.59. The molecule has 2 N–H and O–H groups in total. The second-order valence-electron chi connectivity index (χ2n) is 3.51. The van der Waals surface area contributed by atoms with Gasteiger partial charge in [-0.15, -0.1) is 13.2 Å². The molecule has 0 unspecified atom stereocenters. The van der Waals surface area contributed by atoms with E-state index in [9.17, 15) is 44.9 Å². The highest BCUT2D eigenvalue weighted by Gasteiger charge is 2.45. The molecule has 0 fully saturated rings. The van der Waals surface area contributed by atoms with Gasteiger partial charge in [0.1, 0.15) is 5.56 Å². The van der Waals surface area contributed by atoms with Crippen LogP contribution in [0, 0.1) is 10.1 Å². The fourth-order valence-electron chi connectivity index (χ4n) is 1.20. The number of rotatable bonds is 3. The largest absolute Gasteiger partial charge is 0.575 e. The molecule has 0 bridgehead atoms. The van der Waals surface area contributed by atoms with Crippen molar-refractivity contribution < 1.29 is 44.4 Å². The molecule has 0 saturated heterocycles. The maximum Gasteiger partial charge on any atom is 0.575 e. The van der Waals surface area contributed by atoms with Gasteiger partial charge in [-0.2, -0.15) is 13.2 Å². The number of nitrogens with zero attached hydrogens (tertiary/aromatic N) is 2. The average molecular weight is 355 g/mol. The summed E-state index contributed by atoms with van der Waals surface area (Å²) < 4.78 is 99.0. The summed E-state index contributed by atoms with van der Waals surface area (Å²) in [6, 6.07) is -0.457. The van der Waals surface area contributed by atoms with Gasteiger partial charge in [0.15, 0.2) is 4.90 Å². The van der Waals surface area contributed by atoms with Gasteiger partial charge in [0, 0.05) is 4.98 Å². The van der Waals surface area contributed by atoms with Crippen LogP contribution in [-0.4, -0.2) is 24.7 Å². The Morgan fingerprint density at radius 3 is 2.05 bits per heavy atom. The molecule has 1 aromatic rings. The molecular weight excluding hydrogens is 352 g/mol. The zero-order chi connectivity index (χ0) is 17.5. The first-order valence-corrected chi connectivity index (χ1v) is 6.22. The summed E-state index contributed by atoms with van der Waals surface area (Å²) in [5, 5.41) is 15.0. The minimum absolute atomic E-state index is 0.457. The van der Waals surface area contributed by atoms with Crippen molar-refractivity contribution in [1.82, 2.24) is 4.98 Å². The Bertz CT molecular complexity index is 713. The van der Waals surface area contributed by atoms with E-state index in [1.807, 2.05) is 0 Å². The molecule has 0 radical (unpaired) electrons. The standard InChI is InChI=1S/C7H3F6N3O5S/c8-6(9,10)2-1-3(22(14,19)20)4(16(17)18)15-5(2)21-7(11,12)13/h1H,(H2,14,19,20). The highest BCUT2D eigenvalue weighted by Crippen LogP contribution is 2.40. The molecule has 0 aromatic carbocycles. The highest BCUT2D eigenvalue weighted by atomic mass is 32.2. The van der Waals surface area contributed by atoms with Crippen LogP contribution < -0.4 is 9.88 Å². The molecule has 124 valence electrons. The van der Waals surface area contributed by atoms with Gasteiger partial charge in [-0.1, -0.05) is 0 Å². The zero-order valence-corrected chi connectivity index (χ0v) is 10.6. The van der Waals surface area contributed by atoms with E-state index in [-0.39, 0.29) is 0 Å². The molecule has 8 nitrogen and oxygen atoms in total. The van der Waals surface area contributed by atoms with Crippen LogP contribution >= 0.6 is 0 Å². The summed E-state index contributed by atoms with van der Waals surface area (Å²) in [5.41, 5.74) is -2.29. The van der Waals surface area contributed by atoms with Gasteiger partial charge < -0.3 is 14.9 Å². The third kappa shape index (κ3) is 4.17. The monoisotopic (exact) mass is 355 g/mol. The third-order valence-corrected chi connectivity index (χ3v) is 2.84. The number of pyridine rings is 1. The molecule has 22 heavy (non-hydrogen) atoms. The van der Waals surface area contributed by atoms with Crippen molar-refractivity contribution in [2.24, 2.45) is 5.14 Å². The van der Waals surface area contributed by atoms with Crippen LogP contribution in [-0.2, 0) is 16.2 Å². The van der Waals surface area contributed by atoms with E-state index in [1.165, 1.54) is 0 Å². The van der Waals surface area contributed by atoms with Crippen molar-refractivity contribution in [3.05, 3.63) is 21.7 Å². The lowest BCUT2D eigenvalue weighted by atomic mass is 10.2. The van der Waals surface area contributed by atoms with Gasteiger partial charge in [-0.3, -0.25) is 0 Å². The van der Waals surface area contributed by atoms with Crippen LogP contribution in [0.15, 0.2) is 11.0 Å². The second-order valence-corrected chi connectivity index (χ2v) is 5.04. The van der Waals surface area contributed by atoms with E-state index in [2.05, 4.69) is 14.9 Å². The van der Waals surface area contributed by atoms with Crippen molar-refractivity contribution in [3.8, 4) is 5.88 Å². The summed E-state index contributed by atoms with van der Waals surface area (Å²) in [5.74, 6) is -4.06. The highest BCUT2D eigenvalue weighted by molar-refractivity contribution is 7.89. The minimum Gasteiger partial charge on any atom is -0.366 e. The van der Waals surface area contributed by atoms with Crippen LogP contribution in [0.2, 0.25) is 0 Å². The van der Waals surface area contributed by atoms with Crippen molar-refractivity contribution in [1.29, 1.82) is 0 Å². The Labute approximate surface area is 116 Å². The number of sulfonamides is 1. The number of hydrogen-bond acceptors (Lipinski definition) is 6. The number of primary sulfonamides is 1. The van der Waals surface area contributed by atoms with Gasteiger partial charge in [-0.05, 0) is 11.0 Å². The maximum atomic E-state index is 12.6. The maximum absolute atomic E-state index is 12.6. The molecule has 1 heterocycles. The van der Waals surface area contributed by atoms with Crippen LogP contribution in [0.5, 0.6) is 5.88 Å². The topological polar surface area (TPSA) is 125 Å². The van der Waals surface area contributed by atoms with Crippen molar-refractivity contribution in [3.63, 3.8) is 0 Å².